The van der Waals surface area contributed by atoms with Gasteiger partial charge in [-0.3, -0.25) is 14.7 Å². The SMILES string of the molecule is CC(=O)c1cccc(NC(=O)/C(C#N)=C\c2cn[nH]c2-c2ccc(Cl)cc2)c1. The smallest absolute Gasteiger partial charge is 0.266 e. The van der Waals surface area contributed by atoms with Crippen LogP contribution in [-0.2, 0) is 4.79 Å². The number of carbonyl (C=O) groups is 2. The minimum Gasteiger partial charge on any atom is -0.321 e. The average Bonchev–Trinajstić information content (AvgIpc) is 3.15. The quantitative estimate of drug-likeness (QED) is 0.381. The van der Waals surface area contributed by atoms with Crippen LogP contribution in [0.1, 0.15) is 22.8 Å². The topological polar surface area (TPSA) is 98.6 Å². The van der Waals surface area contributed by atoms with E-state index in [9.17, 15) is 14.9 Å². The number of H-pyrrole nitrogens is 1. The van der Waals surface area contributed by atoms with Gasteiger partial charge in [-0.2, -0.15) is 10.4 Å². The zero-order valence-electron chi connectivity index (χ0n) is 14.9. The van der Waals surface area contributed by atoms with Gasteiger partial charge in [0.05, 0.1) is 11.9 Å². The van der Waals surface area contributed by atoms with Crippen LogP contribution >= 0.6 is 11.6 Å². The Bertz CT molecular complexity index is 1110. The van der Waals surface area contributed by atoms with Gasteiger partial charge in [0.15, 0.2) is 5.78 Å². The molecule has 6 nitrogen and oxygen atoms in total. The van der Waals surface area contributed by atoms with E-state index in [1.54, 1.807) is 36.4 Å². The number of aromatic amines is 1. The van der Waals surface area contributed by atoms with Gasteiger partial charge in [0.1, 0.15) is 11.6 Å². The Kier molecular flexibility index (Phi) is 5.68. The number of ketones is 1. The second-order valence-corrected chi connectivity index (χ2v) is 6.40. The lowest BCUT2D eigenvalue weighted by Gasteiger charge is -2.06. The summed E-state index contributed by atoms with van der Waals surface area (Å²) >= 11 is 5.91. The van der Waals surface area contributed by atoms with Gasteiger partial charge < -0.3 is 5.32 Å². The molecule has 0 bridgehead atoms. The van der Waals surface area contributed by atoms with E-state index in [0.717, 1.165) is 5.56 Å². The van der Waals surface area contributed by atoms with E-state index < -0.39 is 5.91 Å². The molecule has 1 amide bonds. The molecule has 0 aliphatic carbocycles. The molecule has 0 aliphatic rings. The molecule has 0 radical (unpaired) electrons. The maximum atomic E-state index is 12.5. The van der Waals surface area contributed by atoms with Gasteiger partial charge in [-0.25, -0.2) is 0 Å². The minimum atomic E-state index is -0.577. The first-order valence-electron chi connectivity index (χ1n) is 8.31. The molecule has 0 unspecified atom stereocenters. The van der Waals surface area contributed by atoms with Crippen LogP contribution in [0, 0.1) is 11.3 Å². The van der Waals surface area contributed by atoms with Gasteiger partial charge in [-0.05, 0) is 37.3 Å². The number of nitrogens with zero attached hydrogens (tertiary/aromatic N) is 2. The monoisotopic (exact) mass is 390 g/mol. The van der Waals surface area contributed by atoms with Crippen LogP contribution in [0.4, 0.5) is 5.69 Å². The van der Waals surface area contributed by atoms with Crippen LogP contribution in [-0.4, -0.2) is 21.9 Å². The van der Waals surface area contributed by atoms with Crippen molar-refractivity contribution in [2.45, 2.75) is 6.92 Å². The minimum absolute atomic E-state index is 0.0927. The number of hydrogen-bond acceptors (Lipinski definition) is 4. The highest BCUT2D eigenvalue weighted by Gasteiger charge is 2.13. The van der Waals surface area contributed by atoms with Crippen molar-refractivity contribution in [1.29, 1.82) is 5.26 Å². The first kappa shape index (κ1) is 19.1. The zero-order chi connectivity index (χ0) is 20.1. The second kappa shape index (κ2) is 8.33. The van der Waals surface area contributed by atoms with Crippen LogP contribution in [0.5, 0.6) is 0 Å². The Morgan fingerprint density at radius 1 is 1.21 bits per heavy atom. The summed E-state index contributed by atoms with van der Waals surface area (Å²) in [4.78, 5) is 24.0. The van der Waals surface area contributed by atoms with E-state index >= 15 is 0 Å². The Balaban J connectivity index is 1.87. The third-order valence-corrected chi connectivity index (χ3v) is 4.25. The number of aromatic nitrogens is 2. The summed E-state index contributed by atoms with van der Waals surface area (Å²) in [5, 5.41) is 19.5. The van der Waals surface area contributed by atoms with E-state index in [1.807, 2.05) is 18.2 Å². The molecule has 0 atom stereocenters. The summed E-state index contributed by atoms with van der Waals surface area (Å²) in [6, 6.07) is 15.5. The maximum Gasteiger partial charge on any atom is 0.266 e. The van der Waals surface area contributed by atoms with Crippen LogP contribution < -0.4 is 5.32 Å². The van der Waals surface area contributed by atoms with Crippen LogP contribution in [0.2, 0.25) is 5.02 Å². The molecule has 1 heterocycles. The lowest BCUT2D eigenvalue weighted by atomic mass is 10.1. The predicted molar refractivity (Wildman–Crippen MR) is 108 cm³/mol. The normalized spacial score (nSPS) is 11.0. The molecule has 1 aromatic heterocycles. The second-order valence-electron chi connectivity index (χ2n) is 5.97. The van der Waals surface area contributed by atoms with Gasteiger partial charge in [0.25, 0.3) is 5.91 Å². The fourth-order valence-electron chi connectivity index (χ4n) is 2.57. The summed E-state index contributed by atoms with van der Waals surface area (Å²) in [5.41, 5.74) is 2.89. The summed E-state index contributed by atoms with van der Waals surface area (Å²) < 4.78 is 0. The van der Waals surface area contributed by atoms with Crippen molar-refractivity contribution < 1.29 is 9.59 Å². The summed E-state index contributed by atoms with van der Waals surface area (Å²) in [7, 11) is 0. The van der Waals surface area contributed by atoms with Crippen molar-refractivity contribution in [3.8, 4) is 17.3 Å². The number of carbonyl (C=O) groups excluding carboxylic acids is 2. The van der Waals surface area contributed by atoms with E-state index in [2.05, 4.69) is 15.5 Å². The molecule has 0 saturated heterocycles. The standard InChI is InChI=1S/C21H15ClN4O2/c1-13(27)15-3-2-4-19(10-15)25-21(28)16(11-23)9-17-12-24-26-20(17)14-5-7-18(22)8-6-14/h2-10,12H,1H3,(H,24,26)(H,25,28)/b16-9-. The van der Waals surface area contributed by atoms with E-state index in [-0.39, 0.29) is 11.4 Å². The molecular formula is C21H15ClN4O2. The number of nitriles is 1. The van der Waals surface area contributed by atoms with E-state index in [1.165, 1.54) is 19.2 Å². The number of halogens is 1. The molecule has 2 aromatic carbocycles. The first-order chi connectivity index (χ1) is 13.5. The molecule has 3 rings (SSSR count). The van der Waals surface area contributed by atoms with Gasteiger partial charge >= 0.3 is 0 Å². The lowest BCUT2D eigenvalue weighted by Crippen LogP contribution is -2.13. The highest BCUT2D eigenvalue weighted by atomic mass is 35.5. The van der Waals surface area contributed by atoms with Gasteiger partial charge in [0.2, 0.25) is 0 Å². The first-order valence-corrected chi connectivity index (χ1v) is 8.69. The fourth-order valence-corrected chi connectivity index (χ4v) is 2.70. The molecule has 138 valence electrons. The van der Waals surface area contributed by atoms with Crippen LogP contribution in [0.3, 0.4) is 0 Å². The van der Waals surface area contributed by atoms with Crippen LogP contribution in [0.15, 0.2) is 60.3 Å². The predicted octanol–water partition coefficient (Wildman–Crippen LogP) is 4.48. The zero-order valence-corrected chi connectivity index (χ0v) is 15.6. The Morgan fingerprint density at radius 2 is 1.96 bits per heavy atom. The van der Waals surface area contributed by atoms with E-state index in [4.69, 9.17) is 11.6 Å². The summed E-state index contributed by atoms with van der Waals surface area (Å²) in [6.45, 7) is 1.44. The molecular weight excluding hydrogens is 376 g/mol. The number of amides is 1. The summed E-state index contributed by atoms with van der Waals surface area (Å²) in [5.74, 6) is -0.690. The Morgan fingerprint density at radius 3 is 2.64 bits per heavy atom. The van der Waals surface area contributed by atoms with Crippen molar-refractivity contribution in [2.24, 2.45) is 0 Å². The third-order valence-electron chi connectivity index (χ3n) is 3.99. The number of hydrogen-bond donors (Lipinski definition) is 2. The fraction of sp³-hybridized carbons (Fsp3) is 0.0476. The molecule has 0 aliphatic heterocycles. The molecule has 2 N–H and O–H groups in total. The Hall–Kier alpha value is -3.69. The number of Topliss-reactive ketones (excluding diaryl/α,β-unsaturated/α-hetero) is 1. The van der Waals surface area contributed by atoms with Crippen molar-refractivity contribution in [3.63, 3.8) is 0 Å². The Labute approximate surface area is 166 Å². The number of anilines is 1. The molecule has 3 aromatic rings. The molecule has 0 spiro atoms. The van der Waals surface area contributed by atoms with Crippen LogP contribution in [0.25, 0.3) is 17.3 Å². The third kappa shape index (κ3) is 4.34. The maximum absolute atomic E-state index is 12.5. The highest BCUT2D eigenvalue weighted by molar-refractivity contribution is 6.30. The van der Waals surface area contributed by atoms with Crippen molar-refractivity contribution in [1.82, 2.24) is 10.2 Å². The highest BCUT2D eigenvalue weighted by Crippen LogP contribution is 2.25. The number of rotatable bonds is 5. The van der Waals surface area contributed by atoms with E-state index in [0.29, 0.717) is 27.5 Å². The van der Waals surface area contributed by atoms with Gasteiger partial charge in [-0.1, -0.05) is 35.9 Å². The number of benzene rings is 2. The number of nitrogens with one attached hydrogen (secondary N) is 2. The van der Waals surface area contributed by atoms with Crippen molar-refractivity contribution >= 4 is 35.1 Å². The van der Waals surface area contributed by atoms with Crippen molar-refractivity contribution in [2.75, 3.05) is 5.32 Å². The molecule has 0 saturated carbocycles. The molecule has 7 heteroatoms. The largest absolute Gasteiger partial charge is 0.321 e. The lowest BCUT2D eigenvalue weighted by molar-refractivity contribution is -0.112. The van der Waals surface area contributed by atoms with Crippen molar-refractivity contribution in [3.05, 3.63) is 76.5 Å². The van der Waals surface area contributed by atoms with Gasteiger partial charge in [-0.15, -0.1) is 0 Å². The summed E-state index contributed by atoms with van der Waals surface area (Å²) in [6.07, 6.45) is 2.99. The van der Waals surface area contributed by atoms with Gasteiger partial charge in [0, 0.05) is 27.4 Å². The average molecular weight is 391 g/mol. The molecule has 0 fully saturated rings. The molecule has 28 heavy (non-hydrogen) atoms.